The molecule has 1 aliphatic rings. The van der Waals surface area contributed by atoms with Crippen LogP contribution in [0.3, 0.4) is 0 Å². The summed E-state index contributed by atoms with van der Waals surface area (Å²) in [6, 6.07) is 2.14. The summed E-state index contributed by atoms with van der Waals surface area (Å²) < 4.78 is 1.27. The Morgan fingerprint density at radius 2 is 2.29 bits per heavy atom. The van der Waals surface area contributed by atoms with E-state index in [0.717, 1.165) is 18.4 Å². The SMILES string of the molecule is CC(C)C1CN(Cc2sccc2Br)C1. The second-order valence-electron chi connectivity index (χ2n) is 4.39. The Kier molecular flexibility index (Phi) is 3.30. The molecule has 2 heterocycles. The molecule has 0 unspecified atom stereocenters. The van der Waals surface area contributed by atoms with Crippen molar-refractivity contribution in [3.63, 3.8) is 0 Å². The molecule has 14 heavy (non-hydrogen) atoms. The molecule has 1 aromatic heterocycles. The molecule has 0 radical (unpaired) electrons. The molecule has 1 fully saturated rings. The van der Waals surface area contributed by atoms with E-state index in [1.54, 1.807) is 0 Å². The molecule has 0 aliphatic carbocycles. The molecule has 1 aliphatic heterocycles. The molecule has 0 saturated carbocycles. The lowest BCUT2D eigenvalue weighted by Crippen LogP contribution is -2.48. The smallest absolute Gasteiger partial charge is 0.0339 e. The summed E-state index contributed by atoms with van der Waals surface area (Å²) in [5, 5.41) is 2.15. The Balaban J connectivity index is 1.82. The summed E-state index contributed by atoms with van der Waals surface area (Å²) in [6.45, 7) is 8.33. The third-order valence-electron chi connectivity index (χ3n) is 2.99. The summed E-state index contributed by atoms with van der Waals surface area (Å²) in [5.41, 5.74) is 0. The Bertz CT molecular complexity index is 302. The Hall–Kier alpha value is 0.140. The van der Waals surface area contributed by atoms with E-state index in [-0.39, 0.29) is 0 Å². The van der Waals surface area contributed by atoms with Gasteiger partial charge in [0.15, 0.2) is 0 Å². The van der Waals surface area contributed by atoms with Crippen LogP contribution in [0.25, 0.3) is 0 Å². The lowest BCUT2D eigenvalue weighted by atomic mass is 9.88. The van der Waals surface area contributed by atoms with Crippen molar-refractivity contribution in [2.24, 2.45) is 11.8 Å². The molecule has 3 heteroatoms. The van der Waals surface area contributed by atoms with Gasteiger partial charge >= 0.3 is 0 Å². The normalized spacial score (nSPS) is 18.9. The highest BCUT2D eigenvalue weighted by Crippen LogP contribution is 2.29. The summed E-state index contributed by atoms with van der Waals surface area (Å²) in [7, 11) is 0. The van der Waals surface area contributed by atoms with E-state index in [4.69, 9.17) is 0 Å². The molecule has 1 saturated heterocycles. The van der Waals surface area contributed by atoms with Crippen LogP contribution in [-0.2, 0) is 6.54 Å². The zero-order chi connectivity index (χ0) is 10.1. The zero-order valence-electron chi connectivity index (χ0n) is 8.66. The largest absolute Gasteiger partial charge is 0.298 e. The predicted molar refractivity (Wildman–Crippen MR) is 65.6 cm³/mol. The fraction of sp³-hybridized carbons (Fsp3) is 0.636. The number of nitrogens with zero attached hydrogens (tertiary/aromatic N) is 1. The first-order chi connectivity index (χ1) is 6.66. The second-order valence-corrected chi connectivity index (χ2v) is 6.24. The van der Waals surface area contributed by atoms with Crippen LogP contribution in [-0.4, -0.2) is 18.0 Å². The van der Waals surface area contributed by atoms with Crippen LogP contribution in [0, 0.1) is 11.8 Å². The summed E-state index contributed by atoms with van der Waals surface area (Å²) in [5.74, 6) is 1.77. The van der Waals surface area contributed by atoms with Gasteiger partial charge in [0.2, 0.25) is 0 Å². The lowest BCUT2D eigenvalue weighted by molar-refractivity contribution is 0.0622. The Morgan fingerprint density at radius 1 is 1.57 bits per heavy atom. The fourth-order valence-corrected chi connectivity index (χ4v) is 3.32. The predicted octanol–water partition coefficient (Wildman–Crippen LogP) is 3.60. The van der Waals surface area contributed by atoms with Crippen molar-refractivity contribution in [1.29, 1.82) is 0 Å². The number of hydrogen-bond donors (Lipinski definition) is 0. The zero-order valence-corrected chi connectivity index (χ0v) is 11.1. The van der Waals surface area contributed by atoms with E-state index < -0.39 is 0 Å². The highest BCUT2D eigenvalue weighted by molar-refractivity contribution is 9.10. The van der Waals surface area contributed by atoms with Gasteiger partial charge in [-0.2, -0.15) is 0 Å². The van der Waals surface area contributed by atoms with Crippen molar-refractivity contribution >= 4 is 27.3 Å². The fourth-order valence-electron chi connectivity index (χ4n) is 1.80. The summed E-state index contributed by atoms with van der Waals surface area (Å²) >= 11 is 5.42. The maximum atomic E-state index is 3.58. The van der Waals surface area contributed by atoms with Gasteiger partial charge in [0.1, 0.15) is 0 Å². The van der Waals surface area contributed by atoms with E-state index in [9.17, 15) is 0 Å². The first-order valence-corrected chi connectivity index (χ1v) is 6.78. The molecule has 78 valence electrons. The van der Waals surface area contributed by atoms with Crippen molar-refractivity contribution in [2.75, 3.05) is 13.1 Å². The van der Waals surface area contributed by atoms with E-state index >= 15 is 0 Å². The van der Waals surface area contributed by atoms with Crippen molar-refractivity contribution < 1.29 is 0 Å². The Morgan fingerprint density at radius 3 is 2.79 bits per heavy atom. The van der Waals surface area contributed by atoms with Crippen LogP contribution in [0.15, 0.2) is 15.9 Å². The van der Waals surface area contributed by atoms with Crippen molar-refractivity contribution in [1.82, 2.24) is 4.90 Å². The van der Waals surface area contributed by atoms with Gasteiger partial charge in [0, 0.05) is 29.0 Å². The van der Waals surface area contributed by atoms with Gasteiger partial charge < -0.3 is 0 Å². The molecule has 1 nitrogen and oxygen atoms in total. The van der Waals surface area contributed by atoms with Crippen molar-refractivity contribution in [2.45, 2.75) is 20.4 Å². The van der Waals surface area contributed by atoms with Gasteiger partial charge in [-0.15, -0.1) is 11.3 Å². The first-order valence-electron chi connectivity index (χ1n) is 5.11. The van der Waals surface area contributed by atoms with E-state index in [1.165, 1.54) is 22.4 Å². The topological polar surface area (TPSA) is 3.24 Å². The third-order valence-corrected chi connectivity index (χ3v) is 4.90. The van der Waals surface area contributed by atoms with Crippen LogP contribution in [0.2, 0.25) is 0 Å². The highest BCUT2D eigenvalue weighted by atomic mass is 79.9. The molecule has 0 bridgehead atoms. The molecule has 0 aromatic carbocycles. The number of likely N-dealkylation sites (tertiary alicyclic amines) is 1. The minimum absolute atomic E-state index is 0.845. The van der Waals surface area contributed by atoms with Crippen molar-refractivity contribution in [3.8, 4) is 0 Å². The van der Waals surface area contributed by atoms with Gasteiger partial charge in [-0.1, -0.05) is 13.8 Å². The van der Waals surface area contributed by atoms with Crippen LogP contribution < -0.4 is 0 Å². The Labute approximate surface area is 98.2 Å². The number of halogens is 1. The molecule has 2 rings (SSSR count). The molecule has 0 amide bonds. The minimum Gasteiger partial charge on any atom is -0.298 e. The quantitative estimate of drug-likeness (QED) is 0.814. The molecule has 0 atom stereocenters. The molecular formula is C11H16BrNS. The van der Waals surface area contributed by atoms with Gasteiger partial charge in [-0.3, -0.25) is 4.90 Å². The first kappa shape index (κ1) is 10.7. The molecule has 0 N–H and O–H groups in total. The number of hydrogen-bond acceptors (Lipinski definition) is 2. The molecule has 1 aromatic rings. The summed E-state index contributed by atoms with van der Waals surface area (Å²) in [6.07, 6.45) is 0. The van der Waals surface area contributed by atoms with Crippen LogP contribution in [0.1, 0.15) is 18.7 Å². The van der Waals surface area contributed by atoms with Gasteiger partial charge in [-0.25, -0.2) is 0 Å². The van der Waals surface area contributed by atoms with E-state index in [1.807, 2.05) is 11.3 Å². The van der Waals surface area contributed by atoms with Crippen LogP contribution in [0.5, 0.6) is 0 Å². The number of thiophene rings is 1. The second kappa shape index (κ2) is 4.33. The van der Waals surface area contributed by atoms with E-state index in [0.29, 0.717) is 0 Å². The minimum atomic E-state index is 0.845. The maximum absolute atomic E-state index is 3.58. The maximum Gasteiger partial charge on any atom is 0.0339 e. The monoisotopic (exact) mass is 273 g/mol. The highest BCUT2D eigenvalue weighted by Gasteiger charge is 2.29. The third kappa shape index (κ3) is 2.20. The lowest BCUT2D eigenvalue weighted by Gasteiger charge is -2.41. The molecule has 0 spiro atoms. The van der Waals surface area contributed by atoms with Crippen molar-refractivity contribution in [3.05, 3.63) is 20.8 Å². The average Bonchev–Trinajstić information content (AvgIpc) is 2.42. The average molecular weight is 274 g/mol. The van der Waals surface area contributed by atoms with Gasteiger partial charge in [-0.05, 0) is 39.2 Å². The molecular weight excluding hydrogens is 258 g/mol. The van der Waals surface area contributed by atoms with Crippen LogP contribution >= 0.6 is 27.3 Å². The van der Waals surface area contributed by atoms with Gasteiger partial charge in [0.25, 0.3) is 0 Å². The standard InChI is InChI=1S/C11H16BrNS/c1-8(2)9-5-13(6-9)7-11-10(12)3-4-14-11/h3-4,8-9H,5-7H2,1-2H3. The van der Waals surface area contributed by atoms with E-state index in [2.05, 4.69) is 46.1 Å². The van der Waals surface area contributed by atoms with Crippen LogP contribution in [0.4, 0.5) is 0 Å². The van der Waals surface area contributed by atoms with Gasteiger partial charge in [0.05, 0.1) is 0 Å². The number of rotatable bonds is 3. The summed E-state index contributed by atoms with van der Waals surface area (Å²) in [4.78, 5) is 3.99.